The normalized spacial score (nSPS) is 11.2. The number of sulfonamides is 1. The first-order valence-corrected chi connectivity index (χ1v) is 7.72. The summed E-state index contributed by atoms with van der Waals surface area (Å²) in [7, 11) is -1.74. The van der Waals surface area contributed by atoms with Gasteiger partial charge in [-0.05, 0) is 44.6 Å². The van der Waals surface area contributed by atoms with Gasteiger partial charge in [-0.15, -0.1) is 12.4 Å². The van der Waals surface area contributed by atoms with E-state index in [0.29, 0.717) is 28.6 Å². The molecular formula is C11H17Cl3N2O2S. The third-order valence-electron chi connectivity index (χ3n) is 2.46. The monoisotopic (exact) mass is 346 g/mol. The van der Waals surface area contributed by atoms with Gasteiger partial charge in [0.2, 0.25) is 10.0 Å². The van der Waals surface area contributed by atoms with Crippen LogP contribution in [0.4, 0.5) is 0 Å². The number of nitrogens with one attached hydrogen (secondary N) is 2. The molecule has 110 valence electrons. The van der Waals surface area contributed by atoms with E-state index in [2.05, 4.69) is 10.0 Å². The predicted molar refractivity (Wildman–Crippen MR) is 82.2 cm³/mol. The van der Waals surface area contributed by atoms with Crippen LogP contribution in [-0.4, -0.2) is 28.6 Å². The standard InChI is InChI=1S/C11H16Cl2N2O2S.ClH/c1-8-10(12)6-9(7-11(8)13)18(16,17)15-5-3-4-14-2;/h6-7,14-15H,3-5H2,1-2H3;1H. The van der Waals surface area contributed by atoms with Crippen molar-refractivity contribution in [3.63, 3.8) is 0 Å². The van der Waals surface area contributed by atoms with Crippen molar-refractivity contribution >= 4 is 45.6 Å². The van der Waals surface area contributed by atoms with Gasteiger partial charge in [0.1, 0.15) is 0 Å². The summed E-state index contributed by atoms with van der Waals surface area (Å²) in [5.74, 6) is 0. The van der Waals surface area contributed by atoms with Crippen LogP contribution in [0, 0.1) is 6.92 Å². The number of rotatable bonds is 6. The molecule has 0 spiro atoms. The second-order valence-corrected chi connectivity index (χ2v) is 6.45. The lowest BCUT2D eigenvalue weighted by Crippen LogP contribution is -2.26. The van der Waals surface area contributed by atoms with Crippen molar-refractivity contribution in [3.05, 3.63) is 27.7 Å². The molecule has 1 aromatic carbocycles. The molecular weight excluding hydrogens is 331 g/mol. The molecule has 0 atom stereocenters. The third kappa shape index (κ3) is 5.45. The lowest BCUT2D eigenvalue weighted by Gasteiger charge is -2.09. The average molecular weight is 348 g/mol. The van der Waals surface area contributed by atoms with Crippen molar-refractivity contribution in [3.8, 4) is 0 Å². The number of halogens is 3. The van der Waals surface area contributed by atoms with Crippen LogP contribution in [0.5, 0.6) is 0 Å². The molecule has 0 aliphatic rings. The smallest absolute Gasteiger partial charge is 0.240 e. The minimum atomic E-state index is -3.55. The van der Waals surface area contributed by atoms with Crippen LogP contribution in [-0.2, 0) is 10.0 Å². The molecule has 0 aromatic heterocycles. The Hall–Kier alpha value is -0.0400. The van der Waals surface area contributed by atoms with E-state index in [1.807, 2.05) is 7.05 Å². The van der Waals surface area contributed by atoms with Gasteiger partial charge in [-0.25, -0.2) is 13.1 Å². The summed E-state index contributed by atoms with van der Waals surface area (Å²) in [5, 5.41) is 3.63. The van der Waals surface area contributed by atoms with Gasteiger partial charge in [0.25, 0.3) is 0 Å². The summed E-state index contributed by atoms with van der Waals surface area (Å²) in [6.07, 6.45) is 0.711. The predicted octanol–water partition coefficient (Wildman–Crippen LogP) is 2.61. The van der Waals surface area contributed by atoms with Crippen LogP contribution in [0.15, 0.2) is 17.0 Å². The second-order valence-electron chi connectivity index (χ2n) is 3.87. The van der Waals surface area contributed by atoms with E-state index in [4.69, 9.17) is 23.2 Å². The minimum Gasteiger partial charge on any atom is -0.320 e. The zero-order valence-corrected chi connectivity index (χ0v) is 13.8. The first-order chi connectivity index (χ1) is 8.38. The summed E-state index contributed by atoms with van der Waals surface area (Å²) in [6.45, 7) is 2.85. The number of benzene rings is 1. The molecule has 0 amide bonds. The molecule has 19 heavy (non-hydrogen) atoms. The molecule has 0 unspecified atom stereocenters. The van der Waals surface area contributed by atoms with Crippen molar-refractivity contribution in [1.29, 1.82) is 0 Å². The van der Waals surface area contributed by atoms with Crippen molar-refractivity contribution < 1.29 is 8.42 Å². The lowest BCUT2D eigenvalue weighted by atomic mass is 10.2. The van der Waals surface area contributed by atoms with Gasteiger partial charge in [0, 0.05) is 16.6 Å². The van der Waals surface area contributed by atoms with Gasteiger partial charge in [0.15, 0.2) is 0 Å². The highest BCUT2D eigenvalue weighted by atomic mass is 35.5. The fraction of sp³-hybridized carbons (Fsp3) is 0.455. The zero-order valence-electron chi connectivity index (χ0n) is 10.7. The van der Waals surface area contributed by atoms with Crippen LogP contribution in [0.25, 0.3) is 0 Å². The van der Waals surface area contributed by atoms with Crippen LogP contribution in [0.3, 0.4) is 0 Å². The molecule has 0 saturated carbocycles. The second kappa shape index (κ2) is 8.29. The van der Waals surface area contributed by atoms with E-state index < -0.39 is 10.0 Å². The highest BCUT2D eigenvalue weighted by Crippen LogP contribution is 2.27. The van der Waals surface area contributed by atoms with Crippen molar-refractivity contribution in [2.24, 2.45) is 0 Å². The molecule has 0 heterocycles. The number of hydrogen-bond donors (Lipinski definition) is 2. The Labute approximate surface area is 130 Å². The molecule has 2 N–H and O–H groups in total. The maximum Gasteiger partial charge on any atom is 0.240 e. The maximum atomic E-state index is 12.0. The van der Waals surface area contributed by atoms with E-state index in [1.165, 1.54) is 12.1 Å². The van der Waals surface area contributed by atoms with E-state index >= 15 is 0 Å². The van der Waals surface area contributed by atoms with Crippen molar-refractivity contribution in [2.45, 2.75) is 18.2 Å². The van der Waals surface area contributed by atoms with E-state index in [9.17, 15) is 8.42 Å². The molecule has 0 aliphatic heterocycles. The highest BCUT2D eigenvalue weighted by molar-refractivity contribution is 7.89. The molecule has 0 fully saturated rings. The molecule has 8 heteroatoms. The van der Waals surface area contributed by atoms with Gasteiger partial charge in [-0.2, -0.15) is 0 Å². The summed E-state index contributed by atoms with van der Waals surface area (Å²) in [4.78, 5) is 0.0903. The molecule has 0 bridgehead atoms. The molecule has 1 aromatic rings. The van der Waals surface area contributed by atoms with Crippen molar-refractivity contribution in [2.75, 3.05) is 20.1 Å². The average Bonchev–Trinajstić information content (AvgIpc) is 2.31. The molecule has 1 rings (SSSR count). The van der Waals surface area contributed by atoms with Crippen LogP contribution < -0.4 is 10.0 Å². The Bertz CT molecular complexity index is 498. The van der Waals surface area contributed by atoms with Gasteiger partial charge in [-0.3, -0.25) is 0 Å². The van der Waals surface area contributed by atoms with Gasteiger partial charge in [0.05, 0.1) is 4.90 Å². The van der Waals surface area contributed by atoms with Crippen molar-refractivity contribution in [1.82, 2.24) is 10.0 Å². The van der Waals surface area contributed by atoms with Crippen LogP contribution in [0.2, 0.25) is 10.0 Å². The van der Waals surface area contributed by atoms with Crippen LogP contribution >= 0.6 is 35.6 Å². The van der Waals surface area contributed by atoms with E-state index in [0.717, 1.165) is 6.54 Å². The topological polar surface area (TPSA) is 58.2 Å². The first-order valence-electron chi connectivity index (χ1n) is 5.48. The Kier molecular flexibility index (Phi) is 8.27. The lowest BCUT2D eigenvalue weighted by molar-refractivity contribution is 0.577. The summed E-state index contributed by atoms with van der Waals surface area (Å²) in [6, 6.07) is 2.81. The summed E-state index contributed by atoms with van der Waals surface area (Å²) >= 11 is 11.8. The van der Waals surface area contributed by atoms with Gasteiger partial charge >= 0.3 is 0 Å². The Balaban J connectivity index is 0.00000324. The fourth-order valence-electron chi connectivity index (χ4n) is 1.33. The molecule has 4 nitrogen and oxygen atoms in total. The molecule has 0 saturated heterocycles. The first kappa shape index (κ1) is 19.0. The van der Waals surface area contributed by atoms with E-state index in [1.54, 1.807) is 6.92 Å². The number of hydrogen-bond acceptors (Lipinski definition) is 3. The van der Waals surface area contributed by atoms with Gasteiger partial charge in [-0.1, -0.05) is 23.2 Å². The maximum absolute atomic E-state index is 12.0. The Morgan fingerprint density at radius 3 is 2.16 bits per heavy atom. The summed E-state index contributed by atoms with van der Waals surface area (Å²) in [5.41, 5.74) is 0.674. The fourth-order valence-corrected chi connectivity index (χ4v) is 3.07. The van der Waals surface area contributed by atoms with Gasteiger partial charge < -0.3 is 5.32 Å². The zero-order chi connectivity index (χ0) is 13.8. The van der Waals surface area contributed by atoms with E-state index in [-0.39, 0.29) is 17.3 Å². The quantitative estimate of drug-likeness (QED) is 0.778. The minimum absolute atomic E-state index is 0. The summed E-state index contributed by atoms with van der Waals surface area (Å²) < 4.78 is 26.4. The Morgan fingerprint density at radius 2 is 1.68 bits per heavy atom. The Morgan fingerprint density at radius 1 is 1.16 bits per heavy atom. The molecule has 0 radical (unpaired) electrons. The largest absolute Gasteiger partial charge is 0.320 e. The highest BCUT2D eigenvalue weighted by Gasteiger charge is 2.16. The third-order valence-corrected chi connectivity index (χ3v) is 4.69. The SMILES string of the molecule is CNCCCNS(=O)(=O)c1cc(Cl)c(C)c(Cl)c1.Cl. The molecule has 0 aliphatic carbocycles. The van der Waals surface area contributed by atoms with Crippen LogP contribution in [0.1, 0.15) is 12.0 Å².